The summed E-state index contributed by atoms with van der Waals surface area (Å²) < 4.78 is 2.32. The number of rotatable bonds is 11. The van der Waals surface area contributed by atoms with Gasteiger partial charge in [-0.3, -0.25) is 9.59 Å². The zero-order chi connectivity index (χ0) is 23.3. The quantitative estimate of drug-likeness (QED) is 0.390. The number of carboxylic acid groups (broad SMARTS) is 1. The molecule has 0 saturated carbocycles. The van der Waals surface area contributed by atoms with Gasteiger partial charge in [0.1, 0.15) is 5.82 Å². The maximum atomic E-state index is 12.9. The van der Waals surface area contributed by atoms with Gasteiger partial charge < -0.3 is 15.0 Å². The van der Waals surface area contributed by atoms with Crippen LogP contribution in [0.2, 0.25) is 0 Å². The first-order valence-corrected chi connectivity index (χ1v) is 12.3. The molecule has 0 aliphatic carbocycles. The van der Waals surface area contributed by atoms with E-state index >= 15 is 0 Å². The van der Waals surface area contributed by atoms with Crippen molar-refractivity contribution in [3.05, 3.63) is 52.0 Å². The number of nitrogens with zero attached hydrogens (tertiary/aromatic N) is 2. The fraction of sp³-hybridized carbons (Fsp3) is 0.480. The predicted molar refractivity (Wildman–Crippen MR) is 129 cm³/mol. The minimum Gasteiger partial charge on any atom is -0.481 e. The number of nitrogens with one attached hydrogen (secondary N) is 1. The van der Waals surface area contributed by atoms with Crippen LogP contribution in [0.25, 0.3) is 11.0 Å². The molecule has 1 aromatic carbocycles. The number of aliphatic carboxylic acids is 1. The van der Waals surface area contributed by atoms with Crippen LogP contribution in [0.1, 0.15) is 81.2 Å². The van der Waals surface area contributed by atoms with Gasteiger partial charge in [0.2, 0.25) is 0 Å². The SMILES string of the molecule is CCC(CC)n1c(Cc2ccsc2)nc2cc(C(=O)N[C@H](CC(=O)O)CC(C)C)ccc21. The van der Waals surface area contributed by atoms with Crippen molar-refractivity contribution in [1.82, 2.24) is 14.9 Å². The molecule has 2 aromatic heterocycles. The van der Waals surface area contributed by atoms with Gasteiger partial charge in [-0.2, -0.15) is 11.3 Å². The Morgan fingerprint density at radius 1 is 1.19 bits per heavy atom. The molecule has 1 atom stereocenters. The third kappa shape index (κ3) is 5.76. The number of hydrogen-bond donors (Lipinski definition) is 2. The Labute approximate surface area is 193 Å². The van der Waals surface area contributed by atoms with Gasteiger partial charge in [0.05, 0.1) is 17.5 Å². The molecule has 3 aromatic rings. The van der Waals surface area contributed by atoms with Crippen molar-refractivity contribution in [2.24, 2.45) is 5.92 Å². The second-order valence-electron chi connectivity index (χ2n) is 8.78. The monoisotopic (exact) mass is 455 g/mol. The molecule has 0 aliphatic heterocycles. The Kier molecular flexibility index (Phi) is 8.07. The average molecular weight is 456 g/mol. The first-order chi connectivity index (χ1) is 15.3. The molecule has 7 heteroatoms. The fourth-order valence-electron chi connectivity index (χ4n) is 4.29. The summed E-state index contributed by atoms with van der Waals surface area (Å²) >= 11 is 1.68. The molecule has 2 N–H and O–H groups in total. The van der Waals surface area contributed by atoms with Gasteiger partial charge in [-0.25, -0.2) is 4.98 Å². The molecule has 0 radical (unpaired) electrons. The highest BCUT2D eigenvalue weighted by molar-refractivity contribution is 7.07. The van der Waals surface area contributed by atoms with E-state index in [0.717, 1.165) is 36.1 Å². The summed E-state index contributed by atoms with van der Waals surface area (Å²) in [5.74, 6) is 0.134. The molecule has 172 valence electrons. The maximum Gasteiger partial charge on any atom is 0.305 e. The Balaban J connectivity index is 1.93. The van der Waals surface area contributed by atoms with Gasteiger partial charge in [0, 0.05) is 24.1 Å². The van der Waals surface area contributed by atoms with E-state index in [1.807, 2.05) is 32.0 Å². The van der Waals surface area contributed by atoms with E-state index in [2.05, 4.69) is 40.6 Å². The van der Waals surface area contributed by atoms with E-state index in [1.54, 1.807) is 11.3 Å². The number of fused-ring (bicyclic) bond motifs is 1. The molecule has 1 amide bonds. The smallest absolute Gasteiger partial charge is 0.305 e. The Morgan fingerprint density at radius 3 is 2.53 bits per heavy atom. The number of carboxylic acids is 1. The number of carbonyl (C=O) groups is 2. The van der Waals surface area contributed by atoms with Gasteiger partial charge in [0.15, 0.2) is 0 Å². The third-order valence-corrected chi connectivity index (χ3v) is 6.52. The average Bonchev–Trinajstić information content (AvgIpc) is 3.36. The first-order valence-electron chi connectivity index (χ1n) is 11.4. The van der Waals surface area contributed by atoms with Gasteiger partial charge in [-0.15, -0.1) is 0 Å². The van der Waals surface area contributed by atoms with Crippen molar-refractivity contribution in [3.63, 3.8) is 0 Å². The Morgan fingerprint density at radius 2 is 1.94 bits per heavy atom. The molecule has 6 nitrogen and oxygen atoms in total. The molecule has 0 saturated heterocycles. The van der Waals surface area contributed by atoms with Gasteiger partial charge in [-0.05, 0) is 65.8 Å². The summed E-state index contributed by atoms with van der Waals surface area (Å²) in [7, 11) is 0. The highest BCUT2D eigenvalue weighted by Crippen LogP contribution is 2.28. The van der Waals surface area contributed by atoms with E-state index in [9.17, 15) is 14.7 Å². The number of amides is 1. The number of hydrogen-bond acceptors (Lipinski definition) is 4. The first kappa shape index (κ1) is 24.0. The van der Waals surface area contributed by atoms with Gasteiger partial charge in [0.25, 0.3) is 5.91 Å². The summed E-state index contributed by atoms with van der Waals surface area (Å²) in [4.78, 5) is 29.0. The van der Waals surface area contributed by atoms with Crippen molar-refractivity contribution >= 4 is 34.2 Å². The second-order valence-corrected chi connectivity index (χ2v) is 9.56. The molecule has 0 spiro atoms. The maximum absolute atomic E-state index is 12.9. The topological polar surface area (TPSA) is 84.2 Å². The standard InChI is InChI=1S/C25H33N3O3S/c1-5-20(6-2)28-22-8-7-18(25(31)26-19(11-16(3)4)14-24(29)30)13-21(22)27-23(28)12-17-9-10-32-15-17/h7-10,13,15-16,19-20H,5-6,11-12,14H2,1-4H3,(H,26,31)(H,29,30)/t19-/m0/s1. The largest absolute Gasteiger partial charge is 0.481 e. The lowest BCUT2D eigenvalue weighted by molar-refractivity contribution is -0.137. The minimum atomic E-state index is -0.909. The summed E-state index contributed by atoms with van der Waals surface area (Å²) in [5.41, 5.74) is 3.58. The van der Waals surface area contributed by atoms with Crippen LogP contribution in [-0.2, 0) is 11.2 Å². The molecule has 3 rings (SSSR count). The lowest BCUT2D eigenvalue weighted by Gasteiger charge is -2.19. The van der Waals surface area contributed by atoms with Crippen LogP contribution in [-0.4, -0.2) is 32.6 Å². The van der Waals surface area contributed by atoms with Crippen LogP contribution >= 0.6 is 11.3 Å². The van der Waals surface area contributed by atoms with Crippen molar-refractivity contribution in [2.45, 2.75) is 71.9 Å². The van der Waals surface area contributed by atoms with Crippen molar-refractivity contribution < 1.29 is 14.7 Å². The fourth-order valence-corrected chi connectivity index (χ4v) is 4.96. The molecule has 0 unspecified atom stereocenters. The number of benzene rings is 1. The number of imidazole rings is 1. The molecule has 0 bridgehead atoms. The van der Waals surface area contributed by atoms with Gasteiger partial charge >= 0.3 is 5.97 Å². The minimum absolute atomic E-state index is 0.0831. The van der Waals surface area contributed by atoms with E-state index in [4.69, 9.17) is 4.98 Å². The Hall–Kier alpha value is -2.67. The lowest BCUT2D eigenvalue weighted by atomic mass is 10.0. The molecule has 32 heavy (non-hydrogen) atoms. The highest BCUT2D eigenvalue weighted by atomic mass is 32.1. The normalized spacial score (nSPS) is 12.6. The van der Waals surface area contributed by atoms with E-state index < -0.39 is 12.0 Å². The zero-order valence-corrected chi connectivity index (χ0v) is 20.1. The van der Waals surface area contributed by atoms with Crippen molar-refractivity contribution in [1.29, 1.82) is 0 Å². The van der Waals surface area contributed by atoms with E-state index in [0.29, 0.717) is 18.0 Å². The van der Waals surface area contributed by atoms with Crippen LogP contribution in [0.5, 0.6) is 0 Å². The van der Waals surface area contributed by atoms with Crippen LogP contribution in [0.3, 0.4) is 0 Å². The van der Waals surface area contributed by atoms with Crippen LogP contribution < -0.4 is 5.32 Å². The number of thiophene rings is 1. The molecule has 2 heterocycles. The Bertz CT molecular complexity index is 1050. The number of aromatic nitrogens is 2. The predicted octanol–water partition coefficient (Wildman–Crippen LogP) is 5.67. The molecule has 0 fully saturated rings. The van der Waals surface area contributed by atoms with E-state index in [1.165, 1.54) is 5.56 Å². The zero-order valence-electron chi connectivity index (χ0n) is 19.3. The summed E-state index contributed by atoms with van der Waals surface area (Å²) in [6, 6.07) is 7.69. The van der Waals surface area contributed by atoms with E-state index in [-0.39, 0.29) is 18.2 Å². The molecular formula is C25H33N3O3S. The van der Waals surface area contributed by atoms with Crippen molar-refractivity contribution in [2.75, 3.05) is 0 Å². The van der Waals surface area contributed by atoms with Crippen LogP contribution in [0, 0.1) is 5.92 Å². The lowest BCUT2D eigenvalue weighted by Crippen LogP contribution is -2.37. The summed E-state index contributed by atoms with van der Waals surface area (Å²) in [5, 5.41) is 16.3. The highest BCUT2D eigenvalue weighted by Gasteiger charge is 2.21. The number of carbonyl (C=O) groups excluding carboxylic acids is 1. The van der Waals surface area contributed by atoms with Crippen molar-refractivity contribution in [3.8, 4) is 0 Å². The van der Waals surface area contributed by atoms with Gasteiger partial charge in [-0.1, -0.05) is 27.7 Å². The molecule has 0 aliphatic rings. The second kappa shape index (κ2) is 10.8. The third-order valence-electron chi connectivity index (χ3n) is 5.79. The van der Waals surface area contributed by atoms with Crippen LogP contribution in [0.15, 0.2) is 35.0 Å². The molecular weight excluding hydrogens is 422 g/mol. The summed E-state index contributed by atoms with van der Waals surface area (Å²) in [6.45, 7) is 8.42. The summed E-state index contributed by atoms with van der Waals surface area (Å²) in [6.07, 6.45) is 3.31. The van der Waals surface area contributed by atoms with Crippen LogP contribution in [0.4, 0.5) is 0 Å².